The molecule has 1 fully saturated rings. The number of hydrogen-bond acceptors (Lipinski definition) is 5. The zero-order valence-electron chi connectivity index (χ0n) is 16.8. The first-order valence-electron chi connectivity index (χ1n) is 10.2. The van der Waals surface area contributed by atoms with E-state index in [2.05, 4.69) is 14.8 Å². The number of anilines is 1. The molecule has 0 saturated carbocycles. The number of aromatic nitrogens is 3. The summed E-state index contributed by atoms with van der Waals surface area (Å²) in [6, 6.07) is 21.8. The Morgan fingerprint density at radius 3 is 2.77 bits per heavy atom. The third-order valence-electron chi connectivity index (χ3n) is 5.55. The van der Waals surface area contributed by atoms with Gasteiger partial charge in [-0.1, -0.05) is 42.5 Å². The van der Waals surface area contributed by atoms with E-state index in [0.717, 1.165) is 40.1 Å². The lowest BCUT2D eigenvalue weighted by molar-refractivity contribution is 0.0447. The van der Waals surface area contributed by atoms with Crippen LogP contribution in [-0.4, -0.2) is 31.5 Å². The van der Waals surface area contributed by atoms with Gasteiger partial charge in [0.25, 0.3) is 0 Å². The molecule has 1 aliphatic heterocycles. The molecule has 3 heterocycles. The van der Waals surface area contributed by atoms with Crippen molar-refractivity contribution in [3.05, 3.63) is 78.8 Å². The van der Waals surface area contributed by atoms with Crippen LogP contribution in [0.25, 0.3) is 16.6 Å². The molecule has 0 radical (unpaired) electrons. The van der Waals surface area contributed by atoms with E-state index in [0.29, 0.717) is 12.4 Å². The summed E-state index contributed by atoms with van der Waals surface area (Å²) in [5.41, 5.74) is 9.82. The SMILES string of the molecule is Nc1ncnn2c(C3CCC(CNS(=O)c4cccc(-c5ccccc5)c4)O3)ccc12. The highest BCUT2D eigenvalue weighted by Gasteiger charge is 2.29. The fourth-order valence-electron chi connectivity index (χ4n) is 3.96. The van der Waals surface area contributed by atoms with Crippen molar-refractivity contribution < 1.29 is 8.95 Å². The van der Waals surface area contributed by atoms with Crippen molar-refractivity contribution in [2.75, 3.05) is 12.3 Å². The molecule has 3 atom stereocenters. The van der Waals surface area contributed by atoms with Crippen LogP contribution in [0.5, 0.6) is 0 Å². The van der Waals surface area contributed by atoms with Crippen molar-refractivity contribution in [2.45, 2.75) is 29.9 Å². The Balaban J connectivity index is 1.22. The molecule has 0 aliphatic carbocycles. The van der Waals surface area contributed by atoms with Crippen LogP contribution in [0, 0.1) is 0 Å². The Morgan fingerprint density at radius 1 is 1.06 bits per heavy atom. The number of fused-ring (bicyclic) bond motifs is 1. The van der Waals surface area contributed by atoms with Crippen LogP contribution >= 0.6 is 0 Å². The lowest BCUT2D eigenvalue weighted by atomic mass is 10.1. The van der Waals surface area contributed by atoms with Crippen molar-refractivity contribution in [1.82, 2.24) is 19.3 Å². The highest BCUT2D eigenvalue weighted by Crippen LogP contribution is 2.33. The number of benzene rings is 2. The van der Waals surface area contributed by atoms with Gasteiger partial charge in [-0.05, 0) is 48.2 Å². The van der Waals surface area contributed by atoms with Crippen molar-refractivity contribution in [1.29, 1.82) is 0 Å². The number of nitrogen functional groups attached to an aromatic ring is 1. The van der Waals surface area contributed by atoms with Crippen LogP contribution < -0.4 is 10.5 Å². The zero-order valence-corrected chi connectivity index (χ0v) is 17.7. The Morgan fingerprint density at radius 2 is 1.90 bits per heavy atom. The Labute approximate surface area is 182 Å². The highest BCUT2D eigenvalue weighted by atomic mass is 32.2. The van der Waals surface area contributed by atoms with Gasteiger partial charge >= 0.3 is 0 Å². The van der Waals surface area contributed by atoms with Crippen LogP contribution in [0.4, 0.5) is 5.82 Å². The fraction of sp³-hybridized carbons (Fsp3) is 0.217. The molecule has 2 aromatic carbocycles. The predicted octanol–water partition coefficient (Wildman–Crippen LogP) is 3.51. The summed E-state index contributed by atoms with van der Waals surface area (Å²) in [5.74, 6) is 0.450. The molecular formula is C23H23N5O2S. The number of hydrogen-bond donors (Lipinski definition) is 2. The summed E-state index contributed by atoms with van der Waals surface area (Å²) < 4.78 is 23.9. The molecule has 3 N–H and O–H groups in total. The largest absolute Gasteiger partial charge is 0.382 e. The molecule has 8 heteroatoms. The molecule has 0 bridgehead atoms. The summed E-state index contributed by atoms with van der Waals surface area (Å²) in [6.07, 6.45) is 3.12. The van der Waals surface area contributed by atoms with E-state index in [1.165, 1.54) is 6.33 Å². The molecule has 158 valence electrons. The van der Waals surface area contributed by atoms with E-state index >= 15 is 0 Å². The average molecular weight is 434 g/mol. The van der Waals surface area contributed by atoms with E-state index < -0.39 is 11.0 Å². The first-order chi connectivity index (χ1) is 15.2. The van der Waals surface area contributed by atoms with Gasteiger partial charge in [0.05, 0.1) is 16.7 Å². The van der Waals surface area contributed by atoms with Crippen LogP contribution in [-0.2, 0) is 15.7 Å². The predicted molar refractivity (Wildman–Crippen MR) is 121 cm³/mol. The quantitative estimate of drug-likeness (QED) is 0.485. The minimum Gasteiger partial charge on any atom is -0.382 e. The average Bonchev–Trinajstić information content (AvgIpc) is 3.46. The van der Waals surface area contributed by atoms with Gasteiger partial charge in [0.1, 0.15) is 28.9 Å². The number of nitrogens with zero attached hydrogens (tertiary/aromatic N) is 3. The van der Waals surface area contributed by atoms with Gasteiger partial charge in [-0.15, -0.1) is 0 Å². The molecule has 5 rings (SSSR count). The number of nitrogens with two attached hydrogens (primary N) is 1. The third-order valence-corrected chi connectivity index (χ3v) is 6.66. The van der Waals surface area contributed by atoms with Gasteiger partial charge in [0, 0.05) is 6.54 Å². The lowest BCUT2D eigenvalue weighted by Crippen LogP contribution is -2.28. The second kappa shape index (κ2) is 8.58. The van der Waals surface area contributed by atoms with Gasteiger partial charge in [-0.2, -0.15) is 5.10 Å². The van der Waals surface area contributed by atoms with Crippen molar-refractivity contribution in [3.8, 4) is 11.1 Å². The van der Waals surface area contributed by atoms with Gasteiger partial charge in [-0.25, -0.2) is 18.4 Å². The molecular weight excluding hydrogens is 410 g/mol. The van der Waals surface area contributed by atoms with E-state index in [1.807, 2.05) is 66.7 Å². The van der Waals surface area contributed by atoms with E-state index in [-0.39, 0.29) is 12.2 Å². The summed E-state index contributed by atoms with van der Waals surface area (Å²) >= 11 is 0. The topological polar surface area (TPSA) is 94.5 Å². The maximum absolute atomic E-state index is 12.8. The molecule has 3 unspecified atom stereocenters. The molecule has 0 amide bonds. The van der Waals surface area contributed by atoms with E-state index in [4.69, 9.17) is 10.5 Å². The number of rotatable bonds is 6. The summed E-state index contributed by atoms with van der Waals surface area (Å²) in [5, 5.41) is 4.30. The smallest absolute Gasteiger partial charge is 0.151 e. The van der Waals surface area contributed by atoms with Crippen molar-refractivity contribution in [3.63, 3.8) is 0 Å². The maximum Gasteiger partial charge on any atom is 0.151 e. The first-order valence-corrected chi connectivity index (χ1v) is 11.4. The van der Waals surface area contributed by atoms with E-state index in [9.17, 15) is 4.21 Å². The van der Waals surface area contributed by atoms with Crippen LogP contribution in [0.2, 0.25) is 0 Å². The minimum absolute atomic E-state index is 0.0176. The summed E-state index contributed by atoms with van der Waals surface area (Å²) in [7, 11) is -1.31. The Kier molecular flexibility index (Phi) is 5.50. The number of ether oxygens (including phenoxy) is 1. The highest BCUT2D eigenvalue weighted by molar-refractivity contribution is 7.83. The normalized spacial score (nSPS) is 19.6. The zero-order chi connectivity index (χ0) is 21.2. The molecule has 7 nitrogen and oxygen atoms in total. The third kappa shape index (κ3) is 4.10. The van der Waals surface area contributed by atoms with Gasteiger partial charge in [-0.3, -0.25) is 0 Å². The van der Waals surface area contributed by atoms with Gasteiger partial charge in [0.2, 0.25) is 0 Å². The Bertz CT molecular complexity index is 1230. The standard InChI is InChI=1S/C23H23N5O2S/c24-23-21-11-10-20(28(21)26-15-25-23)22-12-9-18(30-22)14-27-31(29)19-8-4-7-17(13-19)16-5-2-1-3-6-16/h1-8,10-11,13,15,18,22,27H,9,12,14H2,(H2,24,25,26). The fourth-order valence-corrected chi connectivity index (χ4v) is 4.90. The molecule has 1 aliphatic rings. The monoisotopic (exact) mass is 433 g/mol. The maximum atomic E-state index is 12.8. The Hall–Kier alpha value is -3.07. The molecule has 1 saturated heterocycles. The molecule has 2 aromatic heterocycles. The van der Waals surface area contributed by atoms with Crippen molar-refractivity contribution in [2.24, 2.45) is 0 Å². The second-order valence-corrected chi connectivity index (χ2v) is 8.83. The van der Waals surface area contributed by atoms with Crippen molar-refractivity contribution >= 4 is 22.3 Å². The summed E-state index contributed by atoms with van der Waals surface area (Å²) in [6.45, 7) is 0.513. The van der Waals surface area contributed by atoms with Gasteiger partial charge in [0.15, 0.2) is 5.82 Å². The number of nitrogens with one attached hydrogen (secondary N) is 1. The summed E-state index contributed by atoms with van der Waals surface area (Å²) in [4.78, 5) is 4.78. The molecule has 4 aromatic rings. The van der Waals surface area contributed by atoms with E-state index in [1.54, 1.807) is 4.52 Å². The van der Waals surface area contributed by atoms with Gasteiger partial charge < -0.3 is 10.5 Å². The first kappa shape index (κ1) is 19.9. The second-order valence-electron chi connectivity index (χ2n) is 7.54. The molecule has 0 spiro atoms. The van der Waals surface area contributed by atoms with Crippen LogP contribution in [0.15, 0.2) is 78.0 Å². The van der Waals surface area contributed by atoms with Crippen LogP contribution in [0.3, 0.4) is 0 Å². The minimum atomic E-state index is -1.31. The van der Waals surface area contributed by atoms with Crippen LogP contribution in [0.1, 0.15) is 24.6 Å². The molecule has 31 heavy (non-hydrogen) atoms. The lowest BCUT2D eigenvalue weighted by Gasteiger charge is -2.14.